The van der Waals surface area contributed by atoms with Crippen molar-refractivity contribution in [2.24, 2.45) is 5.73 Å². The number of aromatic nitrogens is 2. The Morgan fingerprint density at radius 3 is 2.56 bits per heavy atom. The predicted molar refractivity (Wildman–Crippen MR) is 61.9 cm³/mol. The Bertz CT molecular complexity index is 364. The van der Waals surface area contributed by atoms with Crippen LogP contribution in [0.15, 0.2) is 4.52 Å². The van der Waals surface area contributed by atoms with Crippen molar-refractivity contribution in [3.8, 4) is 0 Å². The van der Waals surface area contributed by atoms with Crippen molar-refractivity contribution in [3.63, 3.8) is 0 Å². The summed E-state index contributed by atoms with van der Waals surface area (Å²) in [7, 11) is 0. The molecular weight excluding hydrogens is 202 g/mol. The van der Waals surface area contributed by atoms with Gasteiger partial charge in [0, 0.05) is 5.41 Å². The summed E-state index contributed by atoms with van der Waals surface area (Å²) < 4.78 is 5.36. The van der Waals surface area contributed by atoms with Gasteiger partial charge in [-0.05, 0) is 19.3 Å². The van der Waals surface area contributed by atoms with E-state index in [9.17, 15) is 0 Å². The summed E-state index contributed by atoms with van der Waals surface area (Å²) >= 11 is 0. The molecule has 1 aliphatic rings. The van der Waals surface area contributed by atoms with Crippen LogP contribution in [0.3, 0.4) is 0 Å². The minimum absolute atomic E-state index is 0.0553. The lowest BCUT2D eigenvalue weighted by Crippen LogP contribution is -2.34. The fourth-order valence-electron chi connectivity index (χ4n) is 2.08. The van der Waals surface area contributed by atoms with E-state index < -0.39 is 0 Å². The minimum atomic E-state index is -0.342. The van der Waals surface area contributed by atoms with Crippen LogP contribution in [-0.2, 0) is 11.0 Å². The van der Waals surface area contributed by atoms with Gasteiger partial charge in [0.05, 0.1) is 5.54 Å². The molecule has 0 radical (unpaired) electrons. The first-order valence-corrected chi connectivity index (χ1v) is 6.11. The van der Waals surface area contributed by atoms with Crippen molar-refractivity contribution in [1.29, 1.82) is 0 Å². The molecule has 0 atom stereocenters. The quantitative estimate of drug-likeness (QED) is 0.855. The molecule has 1 heterocycles. The van der Waals surface area contributed by atoms with Gasteiger partial charge in [-0.1, -0.05) is 38.8 Å². The van der Waals surface area contributed by atoms with Gasteiger partial charge in [-0.2, -0.15) is 4.98 Å². The first-order chi connectivity index (χ1) is 7.48. The van der Waals surface area contributed by atoms with Gasteiger partial charge in [0.15, 0.2) is 5.82 Å². The van der Waals surface area contributed by atoms with Crippen molar-refractivity contribution in [2.75, 3.05) is 0 Å². The molecule has 1 fully saturated rings. The topological polar surface area (TPSA) is 64.9 Å². The highest BCUT2D eigenvalue weighted by Gasteiger charge is 2.37. The average Bonchev–Trinajstić information content (AvgIpc) is 2.86. The smallest absolute Gasteiger partial charge is 0.232 e. The molecule has 1 aromatic rings. The highest BCUT2D eigenvalue weighted by Crippen LogP contribution is 2.35. The second kappa shape index (κ2) is 3.84. The zero-order chi connectivity index (χ0) is 11.8. The second-order valence-corrected chi connectivity index (χ2v) is 5.52. The van der Waals surface area contributed by atoms with Gasteiger partial charge in [-0.15, -0.1) is 0 Å². The van der Waals surface area contributed by atoms with E-state index in [-0.39, 0.29) is 11.0 Å². The standard InChI is InChI=1S/C12H21N3O/c1-4-11(2,3)10-14-9(15-16-10)12(13)7-5-6-8-12/h4-8,13H2,1-3H3. The molecule has 16 heavy (non-hydrogen) atoms. The Labute approximate surface area is 96.6 Å². The average molecular weight is 223 g/mol. The van der Waals surface area contributed by atoms with Crippen LogP contribution in [-0.4, -0.2) is 10.1 Å². The third kappa shape index (κ3) is 1.86. The van der Waals surface area contributed by atoms with E-state index in [1.807, 2.05) is 0 Å². The minimum Gasteiger partial charge on any atom is -0.339 e. The van der Waals surface area contributed by atoms with Crippen LogP contribution in [0.2, 0.25) is 0 Å². The van der Waals surface area contributed by atoms with E-state index in [1.165, 1.54) is 0 Å². The molecule has 0 amide bonds. The van der Waals surface area contributed by atoms with E-state index >= 15 is 0 Å². The largest absolute Gasteiger partial charge is 0.339 e. The fourth-order valence-corrected chi connectivity index (χ4v) is 2.08. The van der Waals surface area contributed by atoms with E-state index in [0.29, 0.717) is 11.7 Å². The van der Waals surface area contributed by atoms with Crippen molar-refractivity contribution in [2.45, 2.75) is 63.8 Å². The Kier molecular flexibility index (Phi) is 2.78. The molecule has 4 heteroatoms. The van der Waals surface area contributed by atoms with E-state index in [4.69, 9.17) is 10.3 Å². The van der Waals surface area contributed by atoms with Gasteiger partial charge in [0.25, 0.3) is 0 Å². The van der Waals surface area contributed by atoms with E-state index in [2.05, 4.69) is 30.9 Å². The van der Waals surface area contributed by atoms with Crippen LogP contribution in [0.1, 0.15) is 64.6 Å². The third-order valence-corrected chi connectivity index (χ3v) is 3.83. The summed E-state index contributed by atoms with van der Waals surface area (Å²) in [6.45, 7) is 6.35. The van der Waals surface area contributed by atoms with Crippen LogP contribution < -0.4 is 5.73 Å². The van der Waals surface area contributed by atoms with Gasteiger partial charge in [-0.25, -0.2) is 0 Å². The molecule has 1 aliphatic carbocycles. The van der Waals surface area contributed by atoms with Crippen molar-refractivity contribution >= 4 is 0 Å². The van der Waals surface area contributed by atoms with Crippen LogP contribution in [0.5, 0.6) is 0 Å². The summed E-state index contributed by atoms with van der Waals surface area (Å²) in [6.07, 6.45) is 5.25. The monoisotopic (exact) mass is 223 g/mol. The summed E-state index contributed by atoms with van der Waals surface area (Å²) in [4.78, 5) is 4.50. The van der Waals surface area contributed by atoms with Crippen LogP contribution in [0.4, 0.5) is 0 Å². The number of nitrogens with two attached hydrogens (primary N) is 1. The lowest BCUT2D eigenvalue weighted by Gasteiger charge is -2.19. The molecule has 90 valence electrons. The Morgan fingerprint density at radius 1 is 1.38 bits per heavy atom. The number of nitrogens with zero attached hydrogens (tertiary/aromatic N) is 2. The maximum absolute atomic E-state index is 6.29. The summed E-state index contributed by atoms with van der Waals surface area (Å²) in [5.74, 6) is 1.41. The highest BCUT2D eigenvalue weighted by molar-refractivity contribution is 5.09. The van der Waals surface area contributed by atoms with Crippen LogP contribution >= 0.6 is 0 Å². The SMILES string of the molecule is CCC(C)(C)c1nc(C2(N)CCCC2)no1. The predicted octanol–water partition coefficient (Wildman–Crippen LogP) is 2.49. The number of rotatable bonds is 3. The molecule has 0 bridgehead atoms. The van der Waals surface area contributed by atoms with Gasteiger partial charge in [0.2, 0.25) is 5.89 Å². The Hall–Kier alpha value is -0.900. The molecule has 2 N–H and O–H groups in total. The molecule has 0 unspecified atom stereocenters. The molecule has 0 saturated heterocycles. The van der Waals surface area contributed by atoms with Crippen molar-refractivity contribution in [1.82, 2.24) is 10.1 Å². The molecule has 0 aliphatic heterocycles. The normalized spacial score (nSPS) is 20.2. The number of hydrogen-bond donors (Lipinski definition) is 1. The van der Waals surface area contributed by atoms with Crippen LogP contribution in [0.25, 0.3) is 0 Å². The summed E-state index contributed by atoms with van der Waals surface area (Å²) in [5.41, 5.74) is 5.90. The summed E-state index contributed by atoms with van der Waals surface area (Å²) in [5, 5.41) is 4.07. The van der Waals surface area contributed by atoms with Gasteiger partial charge in [-0.3, -0.25) is 0 Å². The van der Waals surface area contributed by atoms with Gasteiger partial charge >= 0.3 is 0 Å². The molecule has 1 aromatic heterocycles. The molecule has 2 rings (SSSR count). The molecule has 4 nitrogen and oxygen atoms in total. The Morgan fingerprint density at radius 2 is 2.00 bits per heavy atom. The maximum atomic E-state index is 6.29. The summed E-state index contributed by atoms with van der Waals surface area (Å²) in [6, 6.07) is 0. The van der Waals surface area contributed by atoms with Crippen molar-refractivity contribution < 1.29 is 4.52 Å². The van der Waals surface area contributed by atoms with E-state index in [1.54, 1.807) is 0 Å². The zero-order valence-electron chi connectivity index (χ0n) is 10.4. The number of hydrogen-bond acceptors (Lipinski definition) is 4. The van der Waals surface area contributed by atoms with Gasteiger partial charge in [0.1, 0.15) is 0 Å². The molecular formula is C12H21N3O. The molecule has 1 saturated carbocycles. The molecule has 0 spiro atoms. The highest BCUT2D eigenvalue weighted by atomic mass is 16.5. The first kappa shape index (κ1) is 11.6. The molecule has 0 aromatic carbocycles. The fraction of sp³-hybridized carbons (Fsp3) is 0.833. The third-order valence-electron chi connectivity index (χ3n) is 3.83. The zero-order valence-corrected chi connectivity index (χ0v) is 10.4. The van der Waals surface area contributed by atoms with E-state index in [0.717, 1.165) is 32.1 Å². The maximum Gasteiger partial charge on any atom is 0.232 e. The van der Waals surface area contributed by atoms with Gasteiger partial charge < -0.3 is 10.3 Å². The lowest BCUT2D eigenvalue weighted by molar-refractivity contribution is 0.294. The lowest BCUT2D eigenvalue weighted by atomic mass is 9.90. The second-order valence-electron chi connectivity index (χ2n) is 5.52. The first-order valence-electron chi connectivity index (χ1n) is 6.11. The Balaban J connectivity index is 2.26. The van der Waals surface area contributed by atoms with Crippen LogP contribution in [0, 0.1) is 0 Å². The van der Waals surface area contributed by atoms with Crippen molar-refractivity contribution in [3.05, 3.63) is 11.7 Å².